The summed E-state index contributed by atoms with van der Waals surface area (Å²) in [5.74, 6) is 0. The summed E-state index contributed by atoms with van der Waals surface area (Å²) in [5, 5.41) is 12.5. The molecule has 0 radical (unpaired) electrons. The third kappa shape index (κ3) is 3.14. The molecule has 0 aromatic heterocycles. The summed E-state index contributed by atoms with van der Waals surface area (Å²) in [6.45, 7) is 9.88. The van der Waals surface area contributed by atoms with Crippen LogP contribution in [0, 0.1) is 0 Å². The van der Waals surface area contributed by atoms with Gasteiger partial charge < -0.3 is 15.2 Å². The largest absolute Gasteiger partial charge is 0.394 e. The lowest BCUT2D eigenvalue weighted by Gasteiger charge is -2.46. The van der Waals surface area contributed by atoms with Crippen molar-refractivity contribution >= 4 is 0 Å². The lowest BCUT2D eigenvalue weighted by molar-refractivity contribution is -0.0642. The van der Waals surface area contributed by atoms with Crippen molar-refractivity contribution < 1.29 is 9.84 Å². The van der Waals surface area contributed by atoms with E-state index in [0.717, 1.165) is 26.3 Å². The number of ether oxygens (including phenoxy) is 1. The summed E-state index contributed by atoms with van der Waals surface area (Å²) in [6, 6.07) is 0. The van der Waals surface area contributed by atoms with Gasteiger partial charge in [-0.25, -0.2) is 0 Å². The molecule has 4 heteroatoms. The molecular formula is C11H24N2O2. The molecule has 1 heterocycles. The summed E-state index contributed by atoms with van der Waals surface area (Å²) < 4.78 is 5.47. The van der Waals surface area contributed by atoms with Crippen molar-refractivity contribution in [3.63, 3.8) is 0 Å². The number of rotatable bonds is 4. The van der Waals surface area contributed by atoms with Crippen LogP contribution in [0.5, 0.6) is 0 Å². The second-order valence-corrected chi connectivity index (χ2v) is 5.26. The Morgan fingerprint density at radius 1 is 1.53 bits per heavy atom. The molecule has 4 nitrogen and oxygen atoms in total. The Bertz CT molecular complexity index is 203. The summed E-state index contributed by atoms with van der Waals surface area (Å²) in [4.78, 5) is 2.38. The summed E-state index contributed by atoms with van der Waals surface area (Å²) in [7, 11) is 1.89. The molecule has 1 saturated heterocycles. The maximum Gasteiger partial charge on any atom is 0.0645 e. The normalized spacial score (nSPS) is 26.2. The molecule has 0 aromatic rings. The van der Waals surface area contributed by atoms with Crippen LogP contribution in [-0.4, -0.2) is 61.0 Å². The highest BCUT2D eigenvalue weighted by Crippen LogP contribution is 2.21. The predicted molar refractivity (Wildman–Crippen MR) is 61.0 cm³/mol. The van der Waals surface area contributed by atoms with E-state index in [1.54, 1.807) is 0 Å². The molecule has 0 aliphatic carbocycles. The van der Waals surface area contributed by atoms with Gasteiger partial charge in [0.2, 0.25) is 0 Å². The van der Waals surface area contributed by atoms with Gasteiger partial charge in [0.25, 0.3) is 0 Å². The number of morpholine rings is 1. The second kappa shape index (κ2) is 4.78. The van der Waals surface area contributed by atoms with Crippen LogP contribution in [0.1, 0.15) is 20.8 Å². The second-order valence-electron chi connectivity index (χ2n) is 5.26. The third-order valence-corrected chi connectivity index (χ3v) is 3.31. The van der Waals surface area contributed by atoms with E-state index in [2.05, 4.69) is 24.1 Å². The zero-order valence-electron chi connectivity index (χ0n) is 10.3. The van der Waals surface area contributed by atoms with E-state index < -0.39 is 0 Å². The lowest BCUT2D eigenvalue weighted by atomic mass is 9.96. The Kier molecular flexibility index (Phi) is 4.12. The standard InChI is InChI=1S/C11H24N2O2/c1-10(2)9-15-6-5-13(10)7-11(3,8-14)12-4/h12,14H,5-9H2,1-4H3. The van der Waals surface area contributed by atoms with Gasteiger partial charge in [-0.1, -0.05) is 0 Å². The zero-order valence-corrected chi connectivity index (χ0v) is 10.3. The van der Waals surface area contributed by atoms with Crippen LogP contribution in [0.15, 0.2) is 0 Å². The fourth-order valence-corrected chi connectivity index (χ4v) is 1.81. The van der Waals surface area contributed by atoms with Gasteiger partial charge in [0.15, 0.2) is 0 Å². The number of nitrogens with one attached hydrogen (secondary N) is 1. The van der Waals surface area contributed by atoms with Crippen molar-refractivity contribution in [3.05, 3.63) is 0 Å². The molecule has 1 atom stereocenters. The first-order valence-electron chi connectivity index (χ1n) is 5.56. The third-order valence-electron chi connectivity index (χ3n) is 3.31. The highest BCUT2D eigenvalue weighted by atomic mass is 16.5. The van der Waals surface area contributed by atoms with Gasteiger partial charge in [-0.05, 0) is 27.8 Å². The predicted octanol–water partition coefficient (Wildman–Crippen LogP) is 0.0676. The minimum atomic E-state index is -0.228. The van der Waals surface area contributed by atoms with Crippen LogP contribution in [-0.2, 0) is 4.74 Å². The van der Waals surface area contributed by atoms with Crippen LogP contribution in [0.3, 0.4) is 0 Å². The summed E-state index contributed by atoms with van der Waals surface area (Å²) in [5.41, 5.74) is -0.167. The molecule has 0 spiro atoms. The summed E-state index contributed by atoms with van der Waals surface area (Å²) in [6.07, 6.45) is 0. The average molecular weight is 216 g/mol. The van der Waals surface area contributed by atoms with Gasteiger partial charge in [-0.15, -0.1) is 0 Å². The molecule has 1 aliphatic rings. The van der Waals surface area contributed by atoms with Crippen LogP contribution >= 0.6 is 0 Å². The fraction of sp³-hybridized carbons (Fsp3) is 1.00. The van der Waals surface area contributed by atoms with Crippen molar-refractivity contribution in [3.8, 4) is 0 Å². The topological polar surface area (TPSA) is 44.7 Å². The molecule has 90 valence electrons. The van der Waals surface area contributed by atoms with Crippen LogP contribution in [0.4, 0.5) is 0 Å². The van der Waals surface area contributed by atoms with Gasteiger partial charge in [0.05, 0.1) is 25.4 Å². The lowest BCUT2D eigenvalue weighted by Crippen LogP contribution is -2.61. The number of aliphatic hydroxyl groups excluding tert-OH is 1. The van der Waals surface area contributed by atoms with Crippen molar-refractivity contribution in [2.75, 3.05) is 40.0 Å². The molecule has 2 N–H and O–H groups in total. The molecule has 0 saturated carbocycles. The molecular weight excluding hydrogens is 192 g/mol. The first-order chi connectivity index (χ1) is 6.93. The van der Waals surface area contributed by atoms with Gasteiger partial charge >= 0.3 is 0 Å². The van der Waals surface area contributed by atoms with Crippen LogP contribution < -0.4 is 5.32 Å². The SMILES string of the molecule is CNC(C)(CO)CN1CCOCC1(C)C. The zero-order chi connectivity index (χ0) is 11.5. The number of hydrogen-bond donors (Lipinski definition) is 2. The minimum absolute atomic E-state index is 0.0610. The molecule has 1 fully saturated rings. The molecule has 0 amide bonds. The number of nitrogens with zero attached hydrogens (tertiary/aromatic N) is 1. The first kappa shape index (κ1) is 12.9. The van der Waals surface area contributed by atoms with Gasteiger partial charge in [0, 0.05) is 18.6 Å². The van der Waals surface area contributed by atoms with E-state index in [-0.39, 0.29) is 17.7 Å². The maximum absolute atomic E-state index is 9.37. The smallest absolute Gasteiger partial charge is 0.0645 e. The van der Waals surface area contributed by atoms with Crippen LogP contribution in [0.2, 0.25) is 0 Å². The van der Waals surface area contributed by atoms with Crippen LogP contribution in [0.25, 0.3) is 0 Å². The van der Waals surface area contributed by atoms with E-state index >= 15 is 0 Å². The Hall–Kier alpha value is -0.160. The van der Waals surface area contributed by atoms with Crippen molar-refractivity contribution in [2.24, 2.45) is 0 Å². The number of hydrogen-bond acceptors (Lipinski definition) is 4. The van der Waals surface area contributed by atoms with E-state index in [1.165, 1.54) is 0 Å². The van der Waals surface area contributed by atoms with Gasteiger partial charge in [-0.2, -0.15) is 0 Å². The van der Waals surface area contributed by atoms with E-state index in [9.17, 15) is 5.11 Å². The quantitative estimate of drug-likeness (QED) is 0.698. The molecule has 0 aromatic carbocycles. The van der Waals surface area contributed by atoms with E-state index in [4.69, 9.17) is 4.74 Å². The number of likely N-dealkylation sites (N-methyl/N-ethyl adjacent to an activating group) is 1. The Morgan fingerprint density at radius 2 is 2.20 bits per heavy atom. The minimum Gasteiger partial charge on any atom is -0.394 e. The van der Waals surface area contributed by atoms with Crippen molar-refractivity contribution in [2.45, 2.75) is 31.8 Å². The van der Waals surface area contributed by atoms with E-state index in [0.29, 0.717) is 0 Å². The first-order valence-corrected chi connectivity index (χ1v) is 5.56. The van der Waals surface area contributed by atoms with Crippen molar-refractivity contribution in [1.82, 2.24) is 10.2 Å². The van der Waals surface area contributed by atoms with Crippen molar-refractivity contribution in [1.29, 1.82) is 0 Å². The highest BCUT2D eigenvalue weighted by molar-refractivity contribution is 4.92. The molecule has 1 aliphatic heterocycles. The monoisotopic (exact) mass is 216 g/mol. The Morgan fingerprint density at radius 3 is 2.67 bits per heavy atom. The molecule has 15 heavy (non-hydrogen) atoms. The maximum atomic E-state index is 9.37. The number of aliphatic hydroxyl groups is 1. The fourth-order valence-electron chi connectivity index (χ4n) is 1.81. The molecule has 0 bridgehead atoms. The van der Waals surface area contributed by atoms with Gasteiger partial charge in [-0.3, -0.25) is 4.90 Å². The summed E-state index contributed by atoms with van der Waals surface area (Å²) >= 11 is 0. The van der Waals surface area contributed by atoms with Gasteiger partial charge in [0.1, 0.15) is 0 Å². The average Bonchev–Trinajstić information content (AvgIpc) is 2.21. The molecule has 1 unspecified atom stereocenters. The Balaban J connectivity index is 2.62. The van der Waals surface area contributed by atoms with E-state index in [1.807, 2.05) is 14.0 Å². The highest BCUT2D eigenvalue weighted by Gasteiger charge is 2.35. The molecule has 1 rings (SSSR count). The Labute approximate surface area is 92.6 Å².